The van der Waals surface area contributed by atoms with E-state index in [-0.39, 0.29) is 5.54 Å². The number of fused-ring (bicyclic) bond motifs is 1. The predicted molar refractivity (Wildman–Crippen MR) is 63.6 cm³/mol. The van der Waals surface area contributed by atoms with Crippen LogP contribution in [0.25, 0.3) is 10.8 Å². The lowest BCUT2D eigenvalue weighted by atomic mass is 9.96. The van der Waals surface area contributed by atoms with Crippen LogP contribution in [-0.2, 0) is 5.54 Å². The molecule has 2 atom stereocenters. The van der Waals surface area contributed by atoms with Crippen LogP contribution >= 0.6 is 0 Å². The lowest BCUT2D eigenvalue weighted by Gasteiger charge is -2.13. The molecule has 0 heterocycles. The second-order valence-corrected chi connectivity index (χ2v) is 4.67. The fourth-order valence-electron chi connectivity index (χ4n) is 2.45. The molecule has 2 N–H and O–H groups in total. The molecule has 15 heavy (non-hydrogen) atoms. The highest BCUT2D eigenvalue weighted by molar-refractivity contribution is 5.87. The minimum absolute atomic E-state index is 0.0686. The zero-order valence-electron chi connectivity index (χ0n) is 8.90. The lowest BCUT2D eigenvalue weighted by molar-refractivity contribution is 0.671. The van der Waals surface area contributed by atoms with E-state index in [4.69, 9.17) is 5.73 Å². The van der Waals surface area contributed by atoms with E-state index in [0.717, 1.165) is 6.42 Å². The first kappa shape index (κ1) is 8.93. The van der Waals surface area contributed by atoms with Gasteiger partial charge in [-0.05, 0) is 28.7 Å². The second kappa shape index (κ2) is 2.83. The van der Waals surface area contributed by atoms with Gasteiger partial charge in [-0.2, -0.15) is 0 Å². The van der Waals surface area contributed by atoms with Crippen LogP contribution in [0.4, 0.5) is 0 Å². The van der Waals surface area contributed by atoms with Crippen LogP contribution in [0.2, 0.25) is 0 Å². The zero-order valence-corrected chi connectivity index (χ0v) is 8.90. The largest absolute Gasteiger partial charge is 0.321 e. The number of rotatable bonds is 1. The van der Waals surface area contributed by atoms with Crippen molar-refractivity contribution in [2.24, 2.45) is 11.7 Å². The van der Waals surface area contributed by atoms with E-state index in [2.05, 4.69) is 49.4 Å². The van der Waals surface area contributed by atoms with E-state index < -0.39 is 0 Å². The third-order valence-electron chi connectivity index (χ3n) is 3.65. The van der Waals surface area contributed by atoms with Gasteiger partial charge in [0, 0.05) is 5.54 Å². The second-order valence-electron chi connectivity index (χ2n) is 4.67. The highest BCUT2D eigenvalue weighted by Crippen LogP contribution is 2.50. The Morgan fingerprint density at radius 2 is 1.80 bits per heavy atom. The molecule has 1 fully saturated rings. The van der Waals surface area contributed by atoms with Gasteiger partial charge in [0.2, 0.25) is 0 Å². The van der Waals surface area contributed by atoms with Gasteiger partial charge in [0.25, 0.3) is 0 Å². The first-order valence-corrected chi connectivity index (χ1v) is 5.49. The third-order valence-corrected chi connectivity index (χ3v) is 3.65. The minimum Gasteiger partial charge on any atom is -0.321 e. The Kier molecular flexibility index (Phi) is 1.68. The Hall–Kier alpha value is -1.34. The van der Waals surface area contributed by atoms with Gasteiger partial charge in [0.15, 0.2) is 0 Å². The van der Waals surface area contributed by atoms with E-state index in [1.807, 2.05) is 0 Å². The molecule has 1 heteroatoms. The summed E-state index contributed by atoms with van der Waals surface area (Å²) in [7, 11) is 0. The van der Waals surface area contributed by atoms with Crippen molar-refractivity contribution in [3.63, 3.8) is 0 Å². The predicted octanol–water partition coefficient (Wildman–Crippen LogP) is 3.03. The number of benzene rings is 2. The zero-order chi connectivity index (χ0) is 10.5. The van der Waals surface area contributed by atoms with E-state index in [1.54, 1.807) is 0 Å². The summed E-state index contributed by atoms with van der Waals surface area (Å²) in [6.45, 7) is 2.22. The number of hydrogen-bond acceptors (Lipinski definition) is 1. The highest BCUT2D eigenvalue weighted by atomic mass is 14.9. The molecule has 2 aromatic rings. The standard InChI is InChI=1S/C14H15N/c1-10-9-14(10,15)13-8-4-6-11-5-2-3-7-12(11)13/h2-8,10H,9,15H2,1H3. The summed E-state index contributed by atoms with van der Waals surface area (Å²) in [4.78, 5) is 0. The van der Waals surface area contributed by atoms with Crippen LogP contribution in [0.5, 0.6) is 0 Å². The summed E-state index contributed by atoms with van der Waals surface area (Å²) in [6.07, 6.45) is 1.11. The lowest BCUT2D eigenvalue weighted by Crippen LogP contribution is -2.21. The maximum atomic E-state index is 6.38. The van der Waals surface area contributed by atoms with Gasteiger partial charge in [-0.15, -0.1) is 0 Å². The molecule has 0 bridgehead atoms. The average Bonchev–Trinajstić information content (AvgIpc) is 2.87. The van der Waals surface area contributed by atoms with Crippen LogP contribution in [0.1, 0.15) is 18.9 Å². The van der Waals surface area contributed by atoms with Crippen LogP contribution in [-0.4, -0.2) is 0 Å². The SMILES string of the molecule is CC1CC1(N)c1cccc2ccccc12. The molecular formula is C14H15N. The van der Waals surface area contributed by atoms with Crippen LogP contribution in [0.15, 0.2) is 42.5 Å². The molecule has 76 valence electrons. The summed E-state index contributed by atoms with van der Waals surface area (Å²) in [5.74, 6) is 0.614. The quantitative estimate of drug-likeness (QED) is 0.747. The van der Waals surface area contributed by atoms with Gasteiger partial charge in [-0.3, -0.25) is 0 Å². The van der Waals surface area contributed by atoms with Gasteiger partial charge in [-0.1, -0.05) is 49.4 Å². The van der Waals surface area contributed by atoms with E-state index >= 15 is 0 Å². The summed E-state index contributed by atoms with van der Waals surface area (Å²) in [5, 5.41) is 2.60. The molecule has 1 aliphatic rings. The van der Waals surface area contributed by atoms with Crippen molar-refractivity contribution in [1.29, 1.82) is 0 Å². The maximum absolute atomic E-state index is 6.38. The van der Waals surface area contributed by atoms with Crippen LogP contribution in [0, 0.1) is 5.92 Å². The van der Waals surface area contributed by atoms with Crippen molar-refractivity contribution in [2.45, 2.75) is 18.9 Å². The first-order chi connectivity index (χ1) is 7.22. The van der Waals surface area contributed by atoms with Gasteiger partial charge in [0.05, 0.1) is 0 Å². The molecule has 2 aromatic carbocycles. The molecule has 1 nitrogen and oxygen atoms in total. The molecule has 3 rings (SSSR count). The molecule has 0 spiro atoms. The van der Waals surface area contributed by atoms with Crippen molar-refractivity contribution >= 4 is 10.8 Å². The molecule has 0 saturated heterocycles. The van der Waals surface area contributed by atoms with Crippen molar-refractivity contribution in [1.82, 2.24) is 0 Å². The van der Waals surface area contributed by atoms with Gasteiger partial charge < -0.3 is 5.73 Å². The summed E-state index contributed by atoms with van der Waals surface area (Å²) in [5.41, 5.74) is 7.62. The Labute approximate surface area is 89.9 Å². The normalized spacial score (nSPS) is 29.3. The molecule has 2 unspecified atom stereocenters. The van der Waals surface area contributed by atoms with E-state index in [0.29, 0.717) is 5.92 Å². The van der Waals surface area contributed by atoms with Gasteiger partial charge >= 0.3 is 0 Å². The summed E-state index contributed by atoms with van der Waals surface area (Å²) >= 11 is 0. The summed E-state index contributed by atoms with van der Waals surface area (Å²) in [6, 6.07) is 14.9. The molecule has 0 radical (unpaired) electrons. The van der Waals surface area contributed by atoms with Gasteiger partial charge in [-0.25, -0.2) is 0 Å². The molecule has 0 aliphatic heterocycles. The average molecular weight is 197 g/mol. The fourth-order valence-corrected chi connectivity index (χ4v) is 2.45. The number of hydrogen-bond donors (Lipinski definition) is 1. The fraction of sp³-hybridized carbons (Fsp3) is 0.286. The van der Waals surface area contributed by atoms with Crippen molar-refractivity contribution in [3.05, 3.63) is 48.0 Å². The Bertz CT molecular complexity index is 512. The molecule has 0 amide bonds. The minimum atomic E-state index is -0.0686. The van der Waals surface area contributed by atoms with Crippen molar-refractivity contribution < 1.29 is 0 Å². The van der Waals surface area contributed by atoms with Crippen molar-refractivity contribution in [2.75, 3.05) is 0 Å². The smallest absolute Gasteiger partial charge is 0.0445 e. The van der Waals surface area contributed by atoms with E-state index in [1.165, 1.54) is 16.3 Å². The molecule has 0 aromatic heterocycles. The molecular weight excluding hydrogens is 182 g/mol. The Balaban J connectivity index is 2.27. The van der Waals surface area contributed by atoms with Crippen molar-refractivity contribution in [3.8, 4) is 0 Å². The summed E-state index contributed by atoms with van der Waals surface area (Å²) < 4.78 is 0. The topological polar surface area (TPSA) is 26.0 Å². The Morgan fingerprint density at radius 1 is 1.13 bits per heavy atom. The number of nitrogens with two attached hydrogens (primary N) is 1. The Morgan fingerprint density at radius 3 is 2.53 bits per heavy atom. The molecule has 1 saturated carbocycles. The van der Waals surface area contributed by atoms with Crippen LogP contribution < -0.4 is 5.73 Å². The van der Waals surface area contributed by atoms with E-state index in [9.17, 15) is 0 Å². The third kappa shape index (κ3) is 1.20. The highest BCUT2D eigenvalue weighted by Gasteiger charge is 2.49. The maximum Gasteiger partial charge on any atom is 0.0445 e. The monoisotopic (exact) mass is 197 g/mol. The first-order valence-electron chi connectivity index (χ1n) is 5.49. The van der Waals surface area contributed by atoms with Crippen LogP contribution in [0.3, 0.4) is 0 Å². The van der Waals surface area contributed by atoms with Gasteiger partial charge in [0.1, 0.15) is 0 Å². The molecule has 1 aliphatic carbocycles.